The van der Waals surface area contributed by atoms with Crippen LogP contribution in [0.15, 0.2) is 52.9 Å². The first-order valence-electron chi connectivity index (χ1n) is 7.31. The van der Waals surface area contributed by atoms with Crippen molar-refractivity contribution in [1.29, 1.82) is 0 Å². The van der Waals surface area contributed by atoms with Crippen LogP contribution >= 0.6 is 0 Å². The van der Waals surface area contributed by atoms with Gasteiger partial charge < -0.3 is 4.55 Å². The summed E-state index contributed by atoms with van der Waals surface area (Å²) in [5.41, 5.74) is 0.622. The molecular formula is C18H18F3NOS. The van der Waals surface area contributed by atoms with Crippen molar-refractivity contribution in [1.82, 2.24) is 0 Å². The van der Waals surface area contributed by atoms with Crippen LogP contribution in [0.2, 0.25) is 0 Å². The third kappa shape index (κ3) is 4.85. The SMILES string of the molecule is CC(C)(C)[S+]([O-])/N=C/c1cc(-c2ccccc2)cc(C(F)(F)F)c1. The smallest absolute Gasteiger partial charge is 0.416 e. The molecule has 2 aromatic carbocycles. The van der Waals surface area contributed by atoms with Gasteiger partial charge in [0.15, 0.2) is 0 Å². The van der Waals surface area contributed by atoms with Crippen LogP contribution in [-0.2, 0) is 17.5 Å². The fraction of sp³-hybridized carbons (Fsp3) is 0.278. The minimum atomic E-state index is -4.46. The summed E-state index contributed by atoms with van der Waals surface area (Å²) in [4.78, 5) is 0. The Morgan fingerprint density at radius 1 is 0.958 bits per heavy atom. The van der Waals surface area contributed by atoms with E-state index in [-0.39, 0.29) is 5.56 Å². The van der Waals surface area contributed by atoms with E-state index in [0.29, 0.717) is 11.1 Å². The normalized spacial score (nSPS) is 14.1. The zero-order chi connectivity index (χ0) is 18.0. The molecule has 0 N–H and O–H groups in total. The van der Waals surface area contributed by atoms with Crippen molar-refractivity contribution in [2.45, 2.75) is 31.7 Å². The van der Waals surface area contributed by atoms with E-state index in [1.54, 1.807) is 57.2 Å². The molecule has 0 aromatic heterocycles. The van der Waals surface area contributed by atoms with E-state index < -0.39 is 27.8 Å². The molecule has 0 saturated carbocycles. The molecule has 0 radical (unpaired) electrons. The maximum Gasteiger partial charge on any atom is 0.416 e. The molecule has 24 heavy (non-hydrogen) atoms. The van der Waals surface area contributed by atoms with Gasteiger partial charge in [0, 0.05) is 0 Å². The van der Waals surface area contributed by atoms with Gasteiger partial charge in [0.2, 0.25) is 0 Å². The molecule has 0 heterocycles. The number of benzene rings is 2. The maximum absolute atomic E-state index is 13.1. The predicted molar refractivity (Wildman–Crippen MR) is 92.4 cm³/mol. The molecule has 128 valence electrons. The summed E-state index contributed by atoms with van der Waals surface area (Å²) in [6.07, 6.45) is -3.22. The molecule has 6 heteroatoms. The van der Waals surface area contributed by atoms with Gasteiger partial charge in [0.1, 0.15) is 16.1 Å². The largest absolute Gasteiger partial charge is 0.591 e. The molecule has 0 aliphatic carbocycles. The third-order valence-corrected chi connectivity index (χ3v) is 4.56. The van der Waals surface area contributed by atoms with Gasteiger partial charge in [0.25, 0.3) is 0 Å². The minimum absolute atomic E-state index is 0.265. The zero-order valence-electron chi connectivity index (χ0n) is 13.6. The first kappa shape index (κ1) is 18.5. The van der Waals surface area contributed by atoms with Crippen LogP contribution in [0, 0.1) is 0 Å². The highest BCUT2D eigenvalue weighted by Crippen LogP contribution is 2.33. The van der Waals surface area contributed by atoms with Crippen LogP contribution < -0.4 is 0 Å². The highest BCUT2D eigenvalue weighted by atomic mass is 32.2. The van der Waals surface area contributed by atoms with E-state index >= 15 is 0 Å². The van der Waals surface area contributed by atoms with E-state index in [4.69, 9.17) is 0 Å². The van der Waals surface area contributed by atoms with Gasteiger partial charge in [-0.3, -0.25) is 0 Å². The van der Waals surface area contributed by atoms with Crippen LogP contribution in [0.25, 0.3) is 11.1 Å². The average molecular weight is 353 g/mol. The summed E-state index contributed by atoms with van der Waals surface area (Å²) in [5.74, 6) is 0. The van der Waals surface area contributed by atoms with Crippen LogP contribution in [0.5, 0.6) is 0 Å². The Balaban J connectivity index is 2.46. The fourth-order valence-corrected chi connectivity index (χ4v) is 2.49. The van der Waals surface area contributed by atoms with Gasteiger partial charge in [0.05, 0.1) is 11.8 Å². The number of nitrogens with zero attached hydrogens (tertiary/aromatic N) is 1. The van der Waals surface area contributed by atoms with Crippen molar-refractivity contribution in [3.8, 4) is 11.1 Å². The highest BCUT2D eigenvalue weighted by Gasteiger charge is 2.31. The summed E-state index contributed by atoms with van der Waals surface area (Å²) < 4.78 is 54.7. The second-order valence-corrected chi connectivity index (χ2v) is 8.24. The zero-order valence-corrected chi connectivity index (χ0v) is 14.4. The van der Waals surface area contributed by atoms with Crippen molar-refractivity contribution >= 4 is 17.6 Å². The third-order valence-electron chi connectivity index (χ3n) is 3.21. The Morgan fingerprint density at radius 3 is 2.12 bits per heavy atom. The Bertz CT molecular complexity index is 721. The van der Waals surface area contributed by atoms with Gasteiger partial charge in [-0.1, -0.05) is 34.7 Å². The van der Waals surface area contributed by atoms with E-state index in [2.05, 4.69) is 4.40 Å². The first-order valence-corrected chi connectivity index (χ1v) is 8.42. The monoisotopic (exact) mass is 353 g/mol. The Morgan fingerprint density at radius 2 is 1.58 bits per heavy atom. The number of halogens is 3. The molecule has 0 saturated heterocycles. The molecule has 2 nitrogen and oxygen atoms in total. The van der Waals surface area contributed by atoms with Gasteiger partial charge in [-0.25, -0.2) is 0 Å². The van der Waals surface area contributed by atoms with Crippen molar-refractivity contribution in [3.63, 3.8) is 0 Å². The Hall–Kier alpha value is -1.79. The summed E-state index contributed by atoms with van der Waals surface area (Å²) in [6.45, 7) is 5.26. The lowest BCUT2D eigenvalue weighted by atomic mass is 10.00. The average Bonchev–Trinajstić information content (AvgIpc) is 2.51. The van der Waals surface area contributed by atoms with Crippen LogP contribution in [0.4, 0.5) is 13.2 Å². The standard InChI is InChI=1S/C18H18F3NOS/c1-17(2,3)24(23)22-12-13-9-15(14-7-5-4-6-8-14)11-16(10-13)18(19,20)21/h4-12H,1-3H3/b22-12+. The lowest BCUT2D eigenvalue weighted by molar-refractivity contribution is -0.137. The molecule has 1 atom stereocenters. The lowest BCUT2D eigenvalue weighted by Crippen LogP contribution is -2.25. The van der Waals surface area contributed by atoms with Crippen LogP contribution in [0.3, 0.4) is 0 Å². The van der Waals surface area contributed by atoms with Crippen molar-refractivity contribution in [2.75, 3.05) is 0 Å². The minimum Gasteiger partial charge on any atom is -0.591 e. The second kappa shape index (κ2) is 6.99. The van der Waals surface area contributed by atoms with Crippen molar-refractivity contribution < 1.29 is 17.7 Å². The molecule has 0 spiro atoms. The van der Waals surface area contributed by atoms with Gasteiger partial charge in [-0.2, -0.15) is 13.2 Å². The summed E-state index contributed by atoms with van der Waals surface area (Å²) in [5, 5.41) is 0. The number of hydrogen-bond donors (Lipinski definition) is 0. The lowest BCUT2D eigenvalue weighted by Gasteiger charge is -2.17. The summed E-state index contributed by atoms with van der Waals surface area (Å²) in [7, 11) is 0. The maximum atomic E-state index is 13.1. The predicted octanol–water partition coefficient (Wildman–Crippen LogP) is 5.25. The fourth-order valence-electron chi connectivity index (χ4n) is 1.95. The van der Waals surface area contributed by atoms with E-state index in [0.717, 1.165) is 12.1 Å². The molecule has 0 aliphatic heterocycles. The van der Waals surface area contributed by atoms with E-state index in [1.165, 1.54) is 6.21 Å². The van der Waals surface area contributed by atoms with Crippen molar-refractivity contribution in [2.24, 2.45) is 4.40 Å². The highest BCUT2D eigenvalue weighted by molar-refractivity contribution is 7.91. The first-order chi connectivity index (χ1) is 11.1. The molecule has 0 amide bonds. The molecular weight excluding hydrogens is 335 g/mol. The topological polar surface area (TPSA) is 35.4 Å². The molecule has 0 bridgehead atoms. The van der Waals surface area contributed by atoms with Gasteiger partial charge in [-0.05, 0) is 55.7 Å². The van der Waals surface area contributed by atoms with Gasteiger partial charge in [-0.15, -0.1) is 0 Å². The number of alkyl halides is 3. The number of rotatable bonds is 3. The van der Waals surface area contributed by atoms with E-state index in [1.807, 2.05) is 0 Å². The van der Waals surface area contributed by atoms with Gasteiger partial charge >= 0.3 is 6.18 Å². The summed E-state index contributed by atoms with van der Waals surface area (Å²) in [6, 6.07) is 12.5. The van der Waals surface area contributed by atoms with Crippen LogP contribution in [-0.4, -0.2) is 15.5 Å². The van der Waals surface area contributed by atoms with Crippen LogP contribution in [0.1, 0.15) is 31.9 Å². The molecule has 2 rings (SSSR count). The quantitative estimate of drug-likeness (QED) is 0.548. The van der Waals surface area contributed by atoms with Crippen molar-refractivity contribution in [3.05, 3.63) is 59.7 Å². The summed E-state index contributed by atoms with van der Waals surface area (Å²) >= 11 is -1.53. The van der Waals surface area contributed by atoms with E-state index in [9.17, 15) is 17.7 Å². The molecule has 0 aliphatic rings. The molecule has 2 aromatic rings. The molecule has 1 unspecified atom stereocenters. The Labute approximate surface area is 142 Å². The molecule has 0 fully saturated rings. The Kier molecular flexibility index (Phi) is 5.40. The second-order valence-electron chi connectivity index (χ2n) is 6.30. The number of hydrogen-bond acceptors (Lipinski definition) is 2.